The molecular formula is C27H24Cl2FN5O5. The van der Waals surface area contributed by atoms with Crippen LogP contribution in [0.15, 0.2) is 53.7 Å². The average Bonchev–Trinajstić information content (AvgIpc) is 3.04. The first-order valence-electron chi connectivity index (χ1n) is 12.2. The van der Waals surface area contributed by atoms with Crippen LogP contribution in [0.3, 0.4) is 0 Å². The normalized spacial score (nSPS) is 14.3. The summed E-state index contributed by atoms with van der Waals surface area (Å²) in [5, 5.41) is 8.30. The largest absolute Gasteiger partial charge is 0.493 e. The molecule has 2 aromatic carbocycles. The Morgan fingerprint density at radius 2 is 1.90 bits per heavy atom. The van der Waals surface area contributed by atoms with Gasteiger partial charge < -0.3 is 25.4 Å². The molecule has 1 aromatic heterocycles. The van der Waals surface area contributed by atoms with Crippen molar-refractivity contribution in [2.24, 2.45) is 4.99 Å². The molecule has 3 aromatic rings. The van der Waals surface area contributed by atoms with Crippen molar-refractivity contribution in [1.82, 2.24) is 15.6 Å². The minimum Gasteiger partial charge on any atom is -0.493 e. The number of nitrogens with one attached hydrogen (secondary N) is 3. The lowest BCUT2D eigenvalue weighted by molar-refractivity contribution is -0.123. The van der Waals surface area contributed by atoms with Crippen molar-refractivity contribution in [3.8, 4) is 11.6 Å². The van der Waals surface area contributed by atoms with Gasteiger partial charge in [0.15, 0.2) is 6.61 Å². The smallest absolute Gasteiger partial charge is 0.269 e. The number of benzodiazepines with no additional fused rings is 1. The molecule has 3 amide bonds. The number of aliphatic imine (C=N–C) groups is 1. The van der Waals surface area contributed by atoms with Crippen molar-refractivity contribution < 1.29 is 28.2 Å². The van der Waals surface area contributed by atoms with Crippen LogP contribution in [0.4, 0.5) is 10.1 Å². The van der Waals surface area contributed by atoms with Crippen LogP contribution < -0.4 is 25.4 Å². The third-order valence-corrected chi connectivity index (χ3v) is 6.06. The number of hydrogen-bond acceptors (Lipinski definition) is 7. The second kappa shape index (κ2) is 12.8. The van der Waals surface area contributed by atoms with E-state index in [0.717, 1.165) is 12.3 Å². The fourth-order valence-corrected chi connectivity index (χ4v) is 4.46. The van der Waals surface area contributed by atoms with Crippen LogP contribution in [-0.4, -0.2) is 54.3 Å². The molecule has 0 aliphatic carbocycles. The van der Waals surface area contributed by atoms with Crippen molar-refractivity contribution in [2.45, 2.75) is 20.0 Å². The lowest BCUT2D eigenvalue weighted by Crippen LogP contribution is -2.42. The van der Waals surface area contributed by atoms with Gasteiger partial charge in [-0.1, -0.05) is 41.4 Å². The van der Waals surface area contributed by atoms with E-state index in [-0.39, 0.29) is 22.2 Å². The number of nitrogens with zero attached hydrogens (tertiary/aromatic N) is 2. The average molecular weight is 588 g/mol. The Balaban J connectivity index is 1.75. The Morgan fingerprint density at radius 1 is 1.12 bits per heavy atom. The molecule has 0 saturated carbocycles. The first-order valence-corrected chi connectivity index (χ1v) is 12.9. The number of para-hydroxylation sites is 1. The van der Waals surface area contributed by atoms with Crippen LogP contribution in [-0.2, 0) is 9.59 Å². The van der Waals surface area contributed by atoms with E-state index in [0.29, 0.717) is 40.7 Å². The summed E-state index contributed by atoms with van der Waals surface area (Å²) in [5.41, 5.74) is 1.19. The standard InChI is InChI=1S/C27H24Cl2FN5O5/c1-3-31-21(36)13-40-27-17(11-15(30)12-32-27)25(37)35-24-26(38)33-19-8-6-5-7-16(19)23(34-24)22-18(29)9-14(28)10-20(22)39-4-2/h5-12,24H,3-4,13H2,1-2H3,(H,31,36)(H,33,38)(H,35,37). The van der Waals surface area contributed by atoms with Gasteiger partial charge in [0.25, 0.3) is 17.7 Å². The van der Waals surface area contributed by atoms with Crippen LogP contribution in [0.25, 0.3) is 0 Å². The minimum atomic E-state index is -1.49. The topological polar surface area (TPSA) is 131 Å². The molecule has 40 heavy (non-hydrogen) atoms. The van der Waals surface area contributed by atoms with Crippen LogP contribution >= 0.6 is 23.2 Å². The number of ether oxygens (including phenoxy) is 2. The molecule has 0 saturated heterocycles. The Labute approximate surface area is 238 Å². The summed E-state index contributed by atoms with van der Waals surface area (Å²) in [4.78, 5) is 46.7. The van der Waals surface area contributed by atoms with E-state index in [2.05, 4.69) is 25.9 Å². The summed E-state index contributed by atoms with van der Waals surface area (Å²) in [6.07, 6.45) is -0.650. The highest BCUT2D eigenvalue weighted by molar-refractivity contribution is 6.39. The zero-order valence-corrected chi connectivity index (χ0v) is 22.9. The molecule has 0 fully saturated rings. The van der Waals surface area contributed by atoms with Crippen molar-refractivity contribution in [2.75, 3.05) is 25.1 Å². The molecule has 0 radical (unpaired) electrons. The van der Waals surface area contributed by atoms with Gasteiger partial charge in [0.1, 0.15) is 17.1 Å². The number of halogens is 3. The zero-order valence-electron chi connectivity index (χ0n) is 21.4. The van der Waals surface area contributed by atoms with E-state index in [4.69, 9.17) is 32.7 Å². The van der Waals surface area contributed by atoms with Gasteiger partial charge in [-0.3, -0.25) is 14.4 Å². The molecule has 0 spiro atoms. The maximum Gasteiger partial charge on any atom is 0.269 e. The van der Waals surface area contributed by atoms with Crippen molar-refractivity contribution in [3.05, 3.63) is 81.2 Å². The lowest BCUT2D eigenvalue weighted by atomic mass is 9.99. The van der Waals surface area contributed by atoms with Crippen LogP contribution in [0.1, 0.15) is 35.3 Å². The first-order chi connectivity index (χ1) is 19.2. The molecule has 208 valence electrons. The van der Waals surface area contributed by atoms with Gasteiger partial charge in [0.05, 0.1) is 34.8 Å². The number of pyridine rings is 1. The molecule has 3 N–H and O–H groups in total. The summed E-state index contributed by atoms with van der Waals surface area (Å²) < 4.78 is 25.2. The maximum atomic E-state index is 14.1. The predicted molar refractivity (Wildman–Crippen MR) is 148 cm³/mol. The van der Waals surface area contributed by atoms with Gasteiger partial charge in [-0.05, 0) is 38.1 Å². The number of benzene rings is 2. The molecule has 1 unspecified atom stereocenters. The van der Waals surface area contributed by atoms with Gasteiger partial charge in [0, 0.05) is 17.1 Å². The zero-order chi connectivity index (χ0) is 28.8. The number of carbonyl (C=O) groups is 3. The first kappa shape index (κ1) is 28.8. The Kier molecular flexibility index (Phi) is 9.18. The van der Waals surface area contributed by atoms with E-state index in [9.17, 15) is 18.8 Å². The van der Waals surface area contributed by atoms with Gasteiger partial charge in [-0.25, -0.2) is 14.4 Å². The lowest BCUT2D eigenvalue weighted by Gasteiger charge is -2.17. The number of aromatic nitrogens is 1. The number of rotatable bonds is 9. The van der Waals surface area contributed by atoms with E-state index < -0.39 is 36.3 Å². The Morgan fingerprint density at radius 3 is 2.65 bits per heavy atom. The fourth-order valence-electron chi connectivity index (χ4n) is 3.89. The van der Waals surface area contributed by atoms with Crippen molar-refractivity contribution in [3.63, 3.8) is 0 Å². The van der Waals surface area contributed by atoms with E-state index >= 15 is 0 Å². The summed E-state index contributed by atoms with van der Waals surface area (Å²) >= 11 is 12.8. The number of amides is 3. The monoisotopic (exact) mass is 587 g/mol. The third-order valence-electron chi connectivity index (χ3n) is 5.55. The van der Waals surface area contributed by atoms with E-state index in [1.165, 1.54) is 6.07 Å². The number of likely N-dealkylation sites (N-methyl/N-ethyl adjacent to an activating group) is 1. The molecule has 10 nitrogen and oxygen atoms in total. The Bertz CT molecular complexity index is 1500. The maximum absolute atomic E-state index is 14.1. The summed E-state index contributed by atoms with van der Waals surface area (Å²) in [7, 11) is 0. The number of anilines is 1. The van der Waals surface area contributed by atoms with Crippen LogP contribution in [0.5, 0.6) is 11.6 Å². The second-order valence-electron chi connectivity index (χ2n) is 8.33. The van der Waals surface area contributed by atoms with Gasteiger partial charge >= 0.3 is 0 Å². The van der Waals surface area contributed by atoms with Crippen molar-refractivity contribution >= 4 is 52.3 Å². The van der Waals surface area contributed by atoms with Crippen molar-refractivity contribution in [1.29, 1.82) is 0 Å². The van der Waals surface area contributed by atoms with Crippen LogP contribution in [0.2, 0.25) is 10.0 Å². The molecule has 4 rings (SSSR count). The Hall–Kier alpha value is -4.22. The predicted octanol–water partition coefficient (Wildman–Crippen LogP) is 3.99. The SMILES string of the molecule is CCNC(=O)COc1ncc(F)cc1C(=O)NC1N=C(c2c(Cl)cc(Cl)cc2OCC)c2ccccc2NC1=O. The molecule has 1 aliphatic rings. The molecule has 1 aliphatic heterocycles. The summed E-state index contributed by atoms with van der Waals surface area (Å²) in [6.45, 7) is 3.72. The minimum absolute atomic E-state index is 0.208. The second-order valence-corrected chi connectivity index (χ2v) is 9.17. The van der Waals surface area contributed by atoms with Gasteiger partial charge in [0.2, 0.25) is 12.0 Å². The number of carbonyl (C=O) groups excluding carboxylic acids is 3. The molecule has 13 heteroatoms. The number of hydrogen-bond donors (Lipinski definition) is 3. The van der Waals surface area contributed by atoms with Gasteiger partial charge in [-0.2, -0.15) is 0 Å². The van der Waals surface area contributed by atoms with E-state index in [1.807, 2.05) is 0 Å². The van der Waals surface area contributed by atoms with E-state index in [1.54, 1.807) is 44.2 Å². The quantitative estimate of drug-likeness (QED) is 0.347. The summed E-state index contributed by atoms with van der Waals surface area (Å²) in [6, 6.07) is 10.8. The fraction of sp³-hybridized carbons (Fsp3) is 0.222. The number of fused-ring (bicyclic) bond motifs is 1. The molecule has 0 bridgehead atoms. The summed E-state index contributed by atoms with van der Waals surface area (Å²) in [5.74, 6) is -2.85. The molecular weight excluding hydrogens is 564 g/mol. The highest BCUT2D eigenvalue weighted by Gasteiger charge is 2.31. The molecule has 1 atom stereocenters. The van der Waals surface area contributed by atoms with Gasteiger partial charge in [-0.15, -0.1) is 0 Å². The highest BCUT2D eigenvalue weighted by atomic mass is 35.5. The third kappa shape index (κ3) is 6.49. The highest BCUT2D eigenvalue weighted by Crippen LogP contribution is 2.36. The van der Waals surface area contributed by atoms with Crippen LogP contribution in [0, 0.1) is 5.82 Å². The molecule has 2 heterocycles.